The summed E-state index contributed by atoms with van der Waals surface area (Å²) in [5, 5.41) is 2.98. The monoisotopic (exact) mass is 239 g/mol. The van der Waals surface area contributed by atoms with Crippen molar-refractivity contribution in [2.75, 3.05) is 23.3 Å². The molecule has 0 atom stereocenters. The van der Waals surface area contributed by atoms with Gasteiger partial charge in [0.2, 0.25) is 0 Å². The van der Waals surface area contributed by atoms with E-state index in [0.29, 0.717) is 5.69 Å². The molecule has 5 heteroatoms. The first-order valence-corrected chi connectivity index (χ1v) is 5.68. The summed E-state index contributed by atoms with van der Waals surface area (Å²) in [6.45, 7) is 2.00. The Morgan fingerprint density at radius 1 is 1.38 bits per heavy atom. The molecule has 1 fully saturated rings. The summed E-state index contributed by atoms with van der Waals surface area (Å²) in [5.74, 6) is -0.290. The van der Waals surface area contributed by atoms with Crippen molar-refractivity contribution in [3.8, 4) is 0 Å². The Morgan fingerprint density at radius 3 is 2.69 bits per heavy atom. The predicted molar refractivity (Wildman–Crippen MR) is 68.3 cm³/mol. The fourth-order valence-corrected chi connectivity index (χ4v) is 2.08. The third-order valence-electron chi connectivity index (χ3n) is 2.66. The zero-order chi connectivity index (χ0) is 11.5. The van der Waals surface area contributed by atoms with Crippen LogP contribution in [0, 0.1) is 5.82 Å². The molecule has 0 bridgehead atoms. The standard InChI is InChI=1S/C11H14FN3S/c12-8-3-4-10(15-5-1-2-6-15)9(7-8)14-11(13)16/h3-4,7H,1-2,5-6H2,(H3,13,14,16). The topological polar surface area (TPSA) is 41.3 Å². The van der Waals surface area contributed by atoms with Gasteiger partial charge in [-0.2, -0.15) is 0 Å². The Labute approximate surface area is 99.4 Å². The molecule has 3 nitrogen and oxygen atoms in total. The maximum Gasteiger partial charge on any atom is 0.168 e. The van der Waals surface area contributed by atoms with E-state index in [4.69, 9.17) is 18.0 Å². The van der Waals surface area contributed by atoms with E-state index in [9.17, 15) is 4.39 Å². The summed E-state index contributed by atoms with van der Waals surface area (Å²) < 4.78 is 13.1. The molecule has 0 aliphatic carbocycles. The van der Waals surface area contributed by atoms with Crippen molar-refractivity contribution < 1.29 is 4.39 Å². The van der Waals surface area contributed by atoms with Crippen molar-refractivity contribution in [3.63, 3.8) is 0 Å². The summed E-state index contributed by atoms with van der Waals surface area (Å²) in [6, 6.07) is 4.65. The summed E-state index contributed by atoms with van der Waals surface area (Å²) in [5.41, 5.74) is 7.03. The highest BCUT2D eigenvalue weighted by atomic mass is 32.1. The molecule has 1 aromatic carbocycles. The number of nitrogens with two attached hydrogens (primary N) is 1. The van der Waals surface area contributed by atoms with Gasteiger partial charge in [0, 0.05) is 13.1 Å². The van der Waals surface area contributed by atoms with Gasteiger partial charge in [-0.1, -0.05) is 0 Å². The van der Waals surface area contributed by atoms with E-state index in [0.717, 1.165) is 18.8 Å². The second-order valence-corrected chi connectivity index (χ2v) is 4.28. The van der Waals surface area contributed by atoms with E-state index < -0.39 is 0 Å². The highest BCUT2D eigenvalue weighted by molar-refractivity contribution is 7.80. The molecule has 0 unspecified atom stereocenters. The van der Waals surface area contributed by atoms with Crippen LogP contribution in [0.1, 0.15) is 12.8 Å². The zero-order valence-electron chi connectivity index (χ0n) is 8.87. The van der Waals surface area contributed by atoms with Gasteiger partial charge in [-0.05, 0) is 43.3 Å². The van der Waals surface area contributed by atoms with E-state index in [-0.39, 0.29) is 10.9 Å². The number of anilines is 2. The van der Waals surface area contributed by atoms with Gasteiger partial charge in [0.1, 0.15) is 5.82 Å². The Balaban J connectivity index is 2.30. The number of nitrogens with zero attached hydrogens (tertiary/aromatic N) is 1. The molecule has 0 radical (unpaired) electrons. The first-order chi connectivity index (χ1) is 7.66. The number of hydrogen-bond donors (Lipinski definition) is 2. The highest BCUT2D eigenvalue weighted by Crippen LogP contribution is 2.29. The predicted octanol–water partition coefficient (Wildman–Crippen LogP) is 2.08. The van der Waals surface area contributed by atoms with Crippen LogP contribution >= 0.6 is 12.2 Å². The Kier molecular flexibility index (Phi) is 3.24. The number of nitrogens with one attached hydrogen (secondary N) is 1. The first-order valence-electron chi connectivity index (χ1n) is 5.28. The summed E-state index contributed by atoms with van der Waals surface area (Å²) >= 11 is 4.78. The van der Waals surface area contributed by atoms with Gasteiger partial charge < -0.3 is 16.0 Å². The third kappa shape index (κ3) is 2.41. The molecule has 1 aliphatic heterocycles. The van der Waals surface area contributed by atoms with Crippen molar-refractivity contribution in [2.24, 2.45) is 5.73 Å². The molecular weight excluding hydrogens is 225 g/mol. The van der Waals surface area contributed by atoms with Gasteiger partial charge in [0.25, 0.3) is 0 Å². The molecule has 86 valence electrons. The second kappa shape index (κ2) is 4.65. The lowest BCUT2D eigenvalue weighted by atomic mass is 10.2. The van der Waals surface area contributed by atoms with E-state index in [2.05, 4.69) is 10.2 Å². The lowest BCUT2D eigenvalue weighted by Crippen LogP contribution is -2.23. The molecule has 0 amide bonds. The van der Waals surface area contributed by atoms with E-state index >= 15 is 0 Å². The van der Waals surface area contributed by atoms with E-state index in [1.807, 2.05) is 0 Å². The maximum atomic E-state index is 13.1. The molecule has 1 saturated heterocycles. The molecule has 1 aromatic rings. The zero-order valence-corrected chi connectivity index (χ0v) is 9.69. The van der Waals surface area contributed by atoms with Crippen LogP contribution in [0.5, 0.6) is 0 Å². The van der Waals surface area contributed by atoms with Gasteiger partial charge in [0.05, 0.1) is 11.4 Å². The van der Waals surface area contributed by atoms with E-state index in [1.165, 1.54) is 25.0 Å². The highest BCUT2D eigenvalue weighted by Gasteiger charge is 2.16. The smallest absolute Gasteiger partial charge is 0.168 e. The number of halogens is 1. The van der Waals surface area contributed by atoms with Crippen molar-refractivity contribution in [1.82, 2.24) is 0 Å². The minimum absolute atomic E-state index is 0.158. The molecule has 1 heterocycles. The Hall–Kier alpha value is -1.36. The number of thiocarbonyl (C=S) groups is 1. The van der Waals surface area contributed by atoms with Crippen LogP contribution < -0.4 is 16.0 Å². The van der Waals surface area contributed by atoms with Gasteiger partial charge in [-0.3, -0.25) is 0 Å². The van der Waals surface area contributed by atoms with Crippen molar-refractivity contribution in [1.29, 1.82) is 0 Å². The minimum Gasteiger partial charge on any atom is -0.376 e. The molecule has 1 aliphatic rings. The van der Waals surface area contributed by atoms with E-state index in [1.54, 1.807) is 6.07 Å². The Bertz CT molecular complexity index is 402. The summed E-state index contributed by atoms with van der Waals surface area (Å²) in [4.78, 5) is 2.21. The maximum absolute atomic E-state index is 13.1. The van der Waals surface area contributed by atoms with Crippen LogP contribution in [0.4, 0.5) is 15.8 Å². The normalized spacial score (nSPS) is 15.2. The number of rotatable bonds is 2. The minimum atomic E-state index is -0.290. The molecule has 0 spiro atoms. The van der Waals surface area contributed by atoms with Crippen molar-refractivity contribution >= 4 is 28.7 Å². The SMILES string of the molecule is NC(=S)Nc1cc(F)ccc1N1CCCC1. The lowest BCUT2D eigenvalue weighted by molar-refractivity contribution is 0.628. The molecule has 0 saturated carbocycles. The molecular formula is C11H14FN3S. The third-order valence-corrected chi connectivity index (χ3v) is 2.77. The van der Waals surface area contributed by atoms with Crippen LogP contribution in [-0.4, -0.2) is 18.2 Å². The number of benzene rings is 1. The fraction of sp³-hybridized carbons (Fsp3) is 0.364. The number of hydrogen-bond acceptors (Lipinski definition) is 2. The first kappa shape index (κ1) is 11.1. The summed E-state index contributed by atoms with van der Waals surface area (Å²) in [6.07, 6.45) is 2.34. The van der Waals surface area contributed by atoms with Gasteiger partial charge in [-0.25, -0.2) is 4.39 Å². The second-order valence-electron chi connectivity index (χ2n) is 3.84. The lowest BCUT2D eigenvalue weighted by Gasteiger charge is -2.21. The van der Waals surface area contributed by atoms with Crippen molar-refractivity contribution in [3.05, 3.63) is 24.0 Å². The fourth-order valence-electron chi connectivity index (χ4n) is 1.97. The van der Waals surface area contributed by atoms with Gasteiger partial charge in [0.15, 0.2) is 5.11 Å². The van der Waals surface area contributed by atoms with Crippen LogP contribution in [0.2, 0.25) is 0 Å². The van der Waals surface area contributed by atoms with Crippen molar-refractivity contribution in [2.45, 2.75) is 12.8 Å². The largest absolute Gasteiger partial charge is 0.376 e. The van der Waals surface area contributed by atoms with Crippen LogP contribution in [-0.2, 0) is 0 Å². The molecule has 2 rings (SSSR count). The Morgan fingerprint density at radius 2 is 2.06 bits per heavy atom. The van der Waals surface area contributed by atoms with Crippen LogP contribution in [0.3, 0.4) is 0 Å². The van der Waals surface area contributed by atoms with Crippen LogP contribution in [0.15, 0.2) is 18.2 Å². The van der Waals surface area contributed by atoms with Gasteiger partial charge in [-0.15, -0.1) is 0 Å². The molecule has 0 aromatic heterocycles. The average Bonchev–Trinajstić information content (AvgIpc) is 2.69. The van der Waals surface area contributed by atoms with Crippen LogP contribution in [0.25, 0.3) is 0 Å². The molecule has 16 heavy (non-hydrogen) atoms. The van der Waals surface area contributed by atoms with Gasteiger partial charge >= 0.3 is 0 Å². The molecule has 3 N–H and O–H groups in total. The average molecular weight is 239 g/mol. The summed E-state index contributed by atoms with van der Waals surface area (Å²) in [7, 11) is 0. The quantitative estimate of drug-likeness (QED) is 0.775.